The Morgan fingerprint density at radius 3 is 2.39 bits per heavy atom. The van der Waals surface area contributed by atoms with E-state index in [1.807, 2.05) is 30.3 Å². The molecule has 0 aliphatic carbocycles. The van der Waals surface area contributed by atoms with E-state index < -0.39 is 20.2 Å². The minimum atomic E-state index is -4.12. The lowest BCUT2D eigenvalue weighted by atomic mass is 10.0. The van der Waals surface area contributed by atoms with Crippen LogP contribution < -0.4 is 15.9 Å². The average Bonchev–Trinajstić information content (AvgIpc) is 2.73. The van der Waals surface area contributed by atoms with Gasteiger partial charge in [-0.25, -0.2) is 8.42 Å². The Labute approximate surface area is 183 Å². The first-order valence-electron chi connectivity index (χ1n) is 9.46. The Kier molecular flexibility index (Phi) is 6.59. The lowest BCUT2D eigenvalue weighted by Crippen LogP contribution is -2.41. The Balaban J connectivity index is 1.85. The minimum absolute atomic E-state index is 0.160. The van der Waals surface area contributed by atoms with E-state index in [1.54, 1.807) is 12.1 Å². The van der Waals surface area contributed by atoms with Crippen molar-refractivity contribution < 1.29 is 22.6 Å². The summed E-state index contributed by atoms with van der Waals surface area (Å²) in [5, 5.41) is 6.26. The van der Waals surface area contributed by atoms with Gasteiger partial charge < -0.3 is 5.73 Å². The molecule has 0 spiro atoms. The molecule has 0 aliphatic heterocycles. The van der Waals surface area contributed by atoms with Crippen molar-refractivity contribution in [3.05, 3.63) is 83.9 Å². The van der Waals surface area contributed by atoms with Gasteiger partial charge >= 0.3 is 0 Å². The molecule has 1 atom stereocenters. The highest BCUT2D eigenvalue weighted by Gasteiger charge is 2.32. The monoisotopic (exact) mass is 459 g/mol. The first-order valence-corrected chi connectivity index (χ1v) is 12.9. The molecule has 0 fully saturated rings. The highest BCUT2D eigenvalue weighted by atomic mass is 32.3. The number of hydrogen-bond donors (Lipinski definition) is 4. The molecular weight excluding hydrogens is 434 g/mol. The predicted molar refractivity (Wildman–Crippen MR) is 124 cm³/mol. The van der Waals surface area contributed by atoms with Crippen LogP contribution in [-0.2, 0) is 30.9 Å². The predicted octanol–water partition coefficient (Wildman–Crippen LogP) is 2.21. The van der Waals surface area contributed by atoms with E-state index in [0.717, 1.165) is 18.2 Å². The first-order chi connectivity index (χ1) is 14.6. The zero-order valence-electron chi connectivity index (χ0n) is 17.0. The van der Waals surface area contributed by atoms with Crippen LogP contribution in [0, 0.1) is 0 Å². The van der Waals surface area contributed by atoms with Crippen molar-refractivity contribution in [1.29, 1.82) is 0 Å². The van der Waals surface area contributed by atoms with Crippen molar-refractivity contribution in [2.75, 3.05) is 16.7 Å². The smallest absolute Gasteiger partial charge is 0.266 e. The van der Waals surface area contributed by atoms with Gasteiger partial charge in [0.25, 0.3) is 10.0 Å². The molecule has 0 saturated carbocycles. The van der Waals surface area contributed by atoms with Crippen LogP contribution >= 0.6 is 0 Å². The number of anilines is 2. The molecule has 1 unspecified atom stereocenters. The van der Waals surface area contributed by atoms with E-state index in [0.29, 0.717) is 23.4 Å². The SMILES string of the molecule is C[S+](=O)(O)c1ccccc1S(=O)(=O)Nc1ccc(N)c(C(=[NH2+])CCc2ccccc2)c1. The molecule has 3 aromatic carbocycles. The first kappa shape index (κ1) is 22.7. The van der Waals surface area contributed by atoms with Gasteiger partial charge in [0.1, 0.15) is 11.2 Å². The van der Waals surface area contributed by atoms with Crippen molar-refractivity contribution >= 4 is 37.3 Å². The second-order valence-corrected chi connectivity index (χ2v) is 10.9. The maximum absolute atomic E-state index is 12.9. The molecule has 0 saturated heterocycles. The molecule has 0 radical (unpaired) electrons. The molecule has 0 aliphatic rings. The molecule has 0 heterocycles. The summed E-state index contributed by atoms with van der Waals surface area (Å²) in [6.45, 7) is 0. The molecule has 0 aromatic heterocycles. The van der Waals surface area contributed by atoms with Crippen LogP contribution in [0.25, 0.3) is 0 Å². The van der Waals surface area contributed by atoms with Crippen molar-refractivity contribution in [1.82, 2.24) is 0 Å². The molecule has 7 nitrogen and oxygen atoms in total. The third kappa shape index (κ3) is 5.57. The molecular formula is C22H25N3O4S2+2. The fraction of sp³-hybridized carbons (Fsp3) is 0.136. The highest BCUT2D eigenvalue weighted by molar-refractivity contribution is 7.98. The lowest BCUT2D eigenvalue weighted by molar-refractivity contribution is -0.115. The zero-order valence-corrected chi connectivity index (χ0v) is 18.6. The number of sulfonamides is 1. The summed E-state index contributed by atoms with van der Waals surface area (Å²) in [5.41, 5.74) is 8.96. The molecule has 0 bridgehead atoms. The van der Waals surface area contributed by atoms with Crippen molar-refractivity contribution in [3.8, 4) is 0 Å². The third-order valence-corrected chi connectivity index (χ3v) is 7.46. The van der Waals surface area contributed by atoms with Gasteiger partial charge in [-0.1, -0.05) is 46.7 Å². The number of benzene rings is 3. The number of aryl methyl sites for hydroxylation is 1. The van der Waals surface area contributed by atoms with Crippen LogP contribution in [0.1, 0.15) is 17.5 Å². The number of nitrogen functional groups attached to an aromatic ring is 1. The van der Waals surface area contributed by atoms with Gasteiger partial charge in [-0.2, -0.15) is 4.55 Å². The number of nitrogens with one attached hydrogen (secondary N) is 1. The van der Waals surface area contributed by atoms with Gasteiger partial charge in [0, 0.05) is 17.8 Å². The Morgan fingerprint density at radius 2 is 1.71 bits per heavy atom. The zero-order chi connectivity index (χ0) is 22.6. The van der Waals surface area contributed by atoms with Crippen LogP contribution in [0.15, 0.2) is 82.6 Å². The fourth-order valence-corrected chi connectivity index (χ4v) is 5.85. The van der Waals surface area contributed by atoms with Crippen LogP contribution in [-0.4, -0.2) is 24.9 Å². The highest BCUT2D eigenvalue weighted by Crippen LogP contribution is 2.27. The summed E-state index contributed by atoms with van der Waals surface area (Å²) in [6, 6.07) is 20.1. The summed E-state index contributed by atoms with van der Waals surface area (Å²) in [4.78, 5) is -0.420. The summed E-state index contributed by atoms with van der Waals surface area (Å²) < 4.78 is 50.3. The molecule has 9 heteroatoms. The molecule has 3 aromatic rings. The molecule has 0 amide bonds. The van der Waals surface area contributed by atoms with E-state index in [9.17, 15) is 17.2 Å². The topological polar surface area (TPSA) is 135 Å². The van der Waals surface area contributed by atoms with E-state index in [-0.39, 0.29) is 15.5 Å². The largest absolute Gasteiger partial charge is 0.398 e. The maximum atomic E-state index is 12.9. The second kappa shape index (κ2) is 9.01. The van der Waals surface area contributed by atoms with E-state index >= 15 is 0 Å². The van der Waals surface area contributed by atoms with Crippen LogP contribution in [0.5, 0.6) is 0 Å². The third-order valence-electron chi connectivity index (χ3n) is 4.72. The van der Waals surface area contributed by atoms with E-state index in [2.05, 4.69) is 4.72 Å². The quantitative estimate of drug-likeness (QED) is 0.233. The van der Waals surface area contributed by atoms with Crippen LogP contribution in [0.4, 0.5) is 11.4 Å². The van der Waals surface area contributed by atoms with Crippen LogP contribution in [0.3, 0.4) is 0 Å². The number of nitrogens with two attached hydrogens (primary N) is 2. The van der Waals surface area contributed by atoms with Gasteiger partial charge in [0.2, 0.25) is 15.1 Å². The average molecular weight is 460 g/mol. The molecule has 6 N–H and O–H groups in total. The fourth-order valence-electron chi connectivity index (χ4n) is 3.15. The molecule has 31 heavy (non-hydrogen) atoms. The van der Waals surface area contributed by atoms with E-state index in [1.165, 1.54) is 30.3 Å². The summed E-state index contributed by atoms with van der Waals surface area (Å²) in [6.07, 6.45) is 2.34. The summed E-state index contributed by atoms with van der Waals surface area (Å²) in [7, 11) is -7.60. The molecule has 3 rings (SSSR count). The number of rotatable bonds is 8. The van der Waals surface area contributed by atoms with Crippen molar-refractivity contribution in [2.24, 2.45) is 0 Å². The molecule has 162 valence electrons. The van der Waals surface area contributed by atoms with Gasteiger partial charge in [-0.3, -0.25) is 10.1 Å². The summed E-state index contributed by atoms with van der Waals surface area (Å²) >= 11 is 0. The van der Waals surface area contributed by atoms with Crippen molar-refractivity contribution in [3.63, 3.8) is 0 Å². The number of hydrogen-bond acceptors (Lipinski definition) is 4. The van der Waals surface area contributed by atoms with Gasteiger partial charge in [0.15, 0.2) is 5.71 Å². The van der Waals surface area contributed by atoms with Crippen LogP contribution in [0.2, 0.25) is 0 Å². The standard InChI is InChI=1S/C22H23N3O4S2/c1-30(26,27)21-9-5-6-10-22(21)31(28,29)25-17-12-14-20(24)18(15-17)19(23)13-11-16-7-3-2-4-8-16/h2-10,12,14-15,23,25H,11,13,24H2,1H3/p+2. The van der Waals surface area contributed by atoms with Gasteiger partial charge in [-0.05, 0) is 42.3 Å². The van der Waals surface area contributed by atoms with Gasteiger partial charge in [0.05, 0.1) is 5.56 Å². The van der Waals surface area contributed by atoms with E-state index in [4.69, 9.17) is 11.1 Å². The second-order valence-electron chi connectivity index (χ2n) is 7.17. The maximum Gasteiger partial charge on any atom is 0.266 e. The summed E-state index contributed by atoms with van der Waals surface area (Å²) in [5.74, 6) is 0. The Hall–Kier alpha value is -3.01. The van der Waals surface area contributed by atoms with Gasteiger partial charge in [-0.15, -0.1) is 0 Å². The minimum Gasteiger partial charge on any atom is -0.398 e. The lowest BCUT2D eigenvalue weighted by Gasteiger charge is -2.12. The van der Waals surface area contributed by atoms with Crippen molar-refractivity contribution in [2.45, 2.75) is 22.6 Å². The Bertz CT molecular complexity index is 1250. The normalized spacial score (nSPS) is 13.4. The Morgan fingerprint density at radius 1 is 1.06 bits per heavy atom.